The second kappa shape index (κ2) is 5.35. The Bertz CT molecular complexity index is 1040. The van der Waals surface area contributed by atoms with E-state index in [-0.39, 0.29) is 65.1 Å². The number of carbonyl (C=O) groups is 2. The third-order valence-corrected chi connectivity index (χ3v) is 11.2. The van der Waals surface area contributed by atoms with Crippen molar-refractivity contribution < 1.29 is 28.2 Å². The minimum absolute atomic E-state index is 0.00463. The van der Waals surface area contributed by atoms with Gasteiger partial charge in [-0.15, -0.1) is 0 Å². The molecule has 4 heterocycles. The Morgan fingerprint density at radius 3 is 2.53 bits per heavy atom. The molecule has 7 rings (SSSR count). The summed E-state index contributed by atoms with van der Waals surface area (Å²) in [6.07, 6.45) is 5.79. The van der Waals surface area contributed by atoms with Gasteiger partial charge in [-0.25, -0.2) is 0 Å². The first kappa shape index (κ1) is 19.8. The van der Waals surface area contributed by atoms with Gasteiger partial charge in [-0.3, -0.25) is 9.59 Å². The molecule has 0 unspecified atom stereocenters. The summed E-state index contributed by atoms with van der Waals surface area (Å²) in [6, 6.07) is 2.05. The van der Waals surface area contributed by atoms with Gasteiger partial charge < -0.3 is 18.6 Å². The fourth-order valence-electron chi connectivity index (χ4n) is 9.89. The van der Waals surface area contributed by atoms with Gasteiger partial charge in [0.15, 0.2) is 0 Å². The highest BCUT2D eigenvalue weighted by Crippen LogP contribution is 2.80. The summed E-state index contributed by atoms with van der Waals surface area (Å²) in [4.78, 5) is 26.5. The monoisotopic (exact) mass is 440 g/mol. The van der Waals surface area contributed by atoms with Gasteiger partial charge in [0.05, 0.1) is 30.8 Å². The van der Waals surface area contributed by atoms with E-state index in [9.17, 15) is 9.59 Å². The fourth-order valence-corrected chi connectivity index (χ4v) is 9.89. The smallest absolute Gasteiger partial charge is 0.306 e. The predicted octanol–water partition coefficient (Wildman–Crippen LogP) is 4.03. The molecule has 3 aliphatic carbocycles. The lowest BCUT2D eigenvalue weighted by Gasteiger charge is -2.59. The lowest BCUT2D eigenvalue weighted by molar-refractivity contribution is -0.213. The zero-order valence-corrected chi connectivity index (χ0v) is 19.5. The first-order chi connectivity index (χ1) is 15.0. The molecule has 3 aliphatic heterocycles. The third-order valence-electron chi connectivity index (χ3n) is 11.2. The van der Waals surface area contributed by atoms with Crippen molar-refractivity contribution in [2.75, 3.05) is 0 Å². The zero-order valence-electron chi connectivity index (χ0n) is 19.5. The minimum atomic E-state index is -0.792. The van der Waals surface area contributed by atoms with E-state index in [2.05, 4.69) is 26.8 Å². The molecule has 1 aromatic rings. The summed E-state index contributed by atoms with van der Waals surface area (Å²) in [5, 5.41) is 0. The number of esters is 1. The van der Waals surface area contributed by atoms with Gasteiger partial charge in [-0.1, -0.05) is 27.7 Å². The number of hydrogen-bond acceptors (Lipinski definition) is 6. The van der Waals surface area contributed by atoms with Crippen LogP contribution in [-0.2, 0) is 23.8 Å². The van der Waals surface area contributed by atoms with Crippen molar-refractivity contribution in [3.8, 4) is 0 Å². The number of rotatable bonds is 1. The lowest BCUT2D eigenvalue weighted by Crippen LogP contribution is -2.69. The first-order valence-corrected chi connectivity index (χ1v) is 12.1. The highest BCUT2D eigenvalue weighted by Gasteiger charge is 2.90. The van der Waals surface area contributed by atoms with Gasteiger partial charge in [0.2, 0.25) is 0 Å². The number of carbonyl (C=O) groups excluding carboxylic acids is 2. The molecule has 6 nitrogen and oxygen atoms in total. The van der Waals surface area contributed by atoms with Crippen molar-refractivity contribution in [3.63, 3.8) is 0 Å². The van der Waals surface area contributed by atoms with Crippen LogP contribution >= 0.6 is 0 Å². The fraction of sp³-hybridized carbons (Fsp3) is 0.769. The first-order valence-electron chi connectivity index (χ1n) is 12.1. The summed E-state index contributed by atoms with van der Waals surface area (Å²) < 4.78 is 25.3. The van der Waals surface area contributed by atoms with Crippen LogP contribution < -0.4 is 0 Å². The van der Waals surface area contributed by atoms with E-state index in [0.717, 1.165) is 12.8 Å². The van der Waals surface area contributed by atoms with E-state index in [4.69, 9.17) is 18.6 Å². The molecule has 0 aromatic carbocycles. The maximum absolute atomic E-state index is 13.4. The molecule has 6 aliphatic rings. The molecule has 3 saturated heterocycles. The van der Waals surface area contributed by atoms with Crippen molar-refractivity contribution in [2.24, 2.45) is 28.1 Å². The quantitative estimate of drug-likeness (QED) is 0.485. The Hall–Kier alpha value is -1.66. The van der Waals surface area contributed by atoms with E-state index < -0.39 is 16.6 Å². The topological polar surface area (TPSA) is 78.3 Å². The zero-order chi connectivity index (χ0) is 22.5. The Kier molecular flexibility index (Phi) is 3.31. The maximum Gasteiger partial charge on any atom is 0.306 e. The van der Waals surface area contributed by atoms with Gasteiger partial charge in [-0.2, -0.15) is 0 Å². The average molecular weight is 441 g/mol. The molecule has 0 N–H and O–H groups in total. The molecule has 0 bridgehead atoms. The van der Waals surface area contributed by atoms with Gasteiger partial charge >= 0.3 is 5.97 Å². The molecule has 10 atom stereocenters. The van der Waals surface area contributed by atoms with Crippen LogP contribution in [0.15, 0.2) is 23.0 Å². The summed E-state index contributed by atoms with van der Waals surface area (Å²) in [7, 11) is 0. The number of hydrogen-bond donors (Lipinski definition) is 0. The molecule has 1 aromatic heterocycles. The second-order valence-electron chi connectivity index (χ2n) is 12.5. The maximum atomic E-state index is 13.4. The van der Waals surface area contributed by atoms with Crippen LogP contribution in [0.4, 0.5) is 0 Å². The van der Waals surface area contributed by atoms with Crippen LogP contribution in [0.5, 0.6) is 0 Å². The van der Waals surface area contributed by atoms with Gasteiger partial charge in [0.25, 0.3) is 0 Å². The normalized spacial score (nSPS) is 56.7. The van der Waals surface area contributed by atoms with Gasteiger partial charge in [0, 0.05) is 35.0 Å². The Morgan fingerprint density at radius 1 is 1.03 bits per heavy atom. The largest absolute Gasteiger partial charge is 0.472 e. The summed E-state index contributed by atoms with van der Waals surface area (Å²) >= 11 is 0. The number of ketones is 1. The standard InChI is InChI=1S/C26H32O6/c1-22(2)16-9-20(28)32-25(5)21-15(30-18(10-17(22)27)24(16,21)4)11-23(3)14(13-6-7-29-12-13)8-19-26(23,25)31-19/h6-7,12,14-16,18-19,21H,8-11H2,1-5H3/t14-,15-,16+,18-,19-,21-,23-,24-,25+,26-/m0/s1. The molecule has 172 valence electrons. The van der Waals surface area contributed by atoms with E-state index in [1.165, 1.54) is 5.56 Å². The number of ether oxygens (including phenoxy) is 3. The number of epoxide rings is 1. The van der Waals surface area contributed by atoms with Crippen LogP contribution in [0.25, 0.3) is 0 Å². The SMILES string of the molecule is CC1(C)C(=O)C[C@@H]2O[C@H]3C[C@@]4(C)[C@H](c5ccoc5)C[C@@H]5O[C@@]54[C@]4(C)OC(=O)C[C@H]1[C@]2(C)[C@H]34. The van der Waals surface area contributed by atoms with Crippen LogP contribution in [0.3, 0.4) is 0 Å². The molecule has 0 radical (unpaired) electrons. The Balaban J connectivity index is 1.43. The van der Waals surface area contributed by atoms with Crippen LogP contribution in [0.1, 0.15) is 71.8 Å². The summed E-state index contributed by atoms with van der Waals surface area (Å²) in [6.45, 7) is 10.7. The van der Waals surface area contributed by atoms with Crippen molar-refractivity contribution in [2.45, 2.75) is 95.7 Å². The van der Waals surface area contributed by atoms with E-state index in [0.29, 0.717) is 6.42 Å². The van der Waals surface area contributed by atoms with Gasteiger partial charge in [0.1, 0.15) is 17.0 Å². The summed E-state index contributed by atoms with van der Waals surface area (Å²) in [5.74, 6) is 0.154. The van der Waals surface area contributed by atoms with Crippen molar-refractivity contribution in [1.29, 1.82) is 0 Å². The van der Waals surface area contributed by atoms with Crippen molar-refractivity contribution in [3.05, 3.63) is 24.2 Å². The average Bonchev–Trinajstić information content (AvgIpc) is 2.99. The van der Waals surface area contributed by atoms with Crippen molar-refractivity contribution >= 4 is 11.8 Å². The summed E-state index contributed by atoms with van der Waals surface area (Å²) in [5.41, 5.74) is -1.28. The van der Waals surface area contributed by atoms with Crippen LogP contribution in [-0.4, -0.2) is 41.3 Å². The highest BCUT2D eigenvalue weighted by molar-refractivity contribution is 5.87. The van der Waals surface area contributed by atoms with Crippen molar-refractivity contribution in [1.82, 2.24) is 0 Å². The molecule has 3 saturated carbocycles. The number of Topliss-reactive ketones (excluding diaryl/α,β-unsaturated/α-hetero) is 1. The molecule has 6 heteroatoms. The highest BCUT2D eigenvalue weighted by atomic mass is 16.7. The second-order valence-corrected chi connectivity index (χ2v) is 12.5. The van der Waals surface area contributed by atoms with E-state index in [1.807, 2.05) is 20.1 Å². The van der Waals surface area contributed by atoms with E-state index >= 15 is 0 Å². The molecule has 0 amide bonds. The Morgan fingerprint density at radius 2 is 1.81 bits per heavy atom. The molecular formula is C26H32O6. The molecular weight excluding hydrogens is 408 g/mol. The Labute approximate surface area is 188 Å². The van der Waals surface area contributed by atoms with E-state index in [1.54, 1.807) is 6.26 Å². The molecule has 1 spiro atoms. The third kappa shape index (κ3) is 1.80. The van der Waals surface area contributed by atoms with Gasteiger partial charge in [-0.05, 0) is 43.2 Å². The predicted molar refractivity (Wildman–Crippen MR) is 113 cm³/mol. The van der Waals surface area contributed by atoms with Crippen LogP contribution in [0.2, 0.25) is 0 Å². The minimum Gasteiger partial charge on any atom is -0.472 e. The lowest BCUT2D eigenvalue weighted by atomic mass is 9.44. The number of furan rings is 1. The molecule has 6 fully saturated rings. The molecule has 32 heavy (non-hydrogen) atoms. The van der Waals surface area contributed by atoms with Crippen LogP contribution in [0, 0.1) is 28.1 Å².